The lowest BCUT2D eigenvalue weighted by molar-refractivity contribution is -0.00963. The van der Waals surface area contributed by atoms with Gasteiger partial charge in [0.05, 0.1) is 11.3 Å². The summed E-state index contributed by atoms with van der Waals surface area (Å²) in [6.07, 6.45) is 0.482. The van der Waals surface area contributed by atoms with E-state index in [1.54, 1.807) is 24.3 Å². The highest BCUT2D eigenvalue weighted by Crippen LogP contribution is 2.34. The van der Waals surface area contributed by atoms with Gasteiger partial charge in [-0.2, -0.15) is 0 Å². The van der Waals surface area contributed by atoms with E-state index in [0.717, 1.165) is 4.57 Å². The number of aromatic nitrogens is 2. The van der Waals surface area contributed by atoms with E-state index in [-0.39, 0.29) is 31.6 Å². The second-order valence-electron chi connectivity index (χ2n) is 6.49. The van der Waals surface area contributed by atoms with E-state index >= 15 is 0 Å². The molecule has 10 heteroatoms. The first-order chi connectivity index (χ1) is 12.1. The number of rotatable bonds is 4. The Kier molecular flexibility index (Phi) is 4.91. The van der Waals surface area contributed by atoms with Gasteiger partial charge in [-0.25, -0.2) is 17.5 Å². The molecule has 8 nitrogen and oxygen atoms in total. The number of nitrogens with zero attached hydrogens (tertiary/aromatic N) is 2. The maximum absolute atomic E-state index is 12.6. The molecule has 0 radical (unpaired) electrons. The van der Waals surface area contributed by atoms with E-state index in [1.807, 2.05) is 0 Å². The molecule has 26 heavy (non-hydrogen) atoms. The van der Waals surface area contributed by atoms with Crippen LogP contribution >= 0.6 is 11.6 Å². The molecular weight excluding hydrogens is 382 g/mol. The SMILES string of the molecule is Cn1c(O)c(CS(=O)(=O)N2CCC(O)(c3ccc(Cl)cc3)CC2)[nH]c1=O. The van der Waals surface area contributed by atoms with Gasteiger partial charge in [-0.05, 0) is 30.5 Å². The molecule has 1 aliphatic heterocycles. The van der Waals surface area contributed by atoms with Crippen LogP contribution in [-0.2, 0) is 28.4 Å². The van der Waals surface area contributed by atoms with Gasteiger partial charge in [0.1, 0.15) is 5.75 Å². The summed E-state index contributed by atoms with van der Waals surface area (Å²) in [5.74, 6) is -0.901. The van der Waals surface area contributed by atoms with Crippen LogP contribution in [0.5, 0.6) is 5.88 Å². The van der Waals surface area contributed by atoms with Crippen LogP contribution in [-0.4, -0.2) is 45.6 Å². The summed E-state index contributed by atoms with van der Waals surface area (Å²) in [5.41, 5.74) is -1.04. The summed E-state index contributed by atoms with van der Waals surface area (Å²) < 4.78 is 27.4. The molecule has 142 valence electrons. The van der Waals surface area contributed by atoms with Gasteiger partial charge in [-0.3, -0.25) is 4.57 Å². The lowest BCUT2D eigenvalue weighted by Crippen LogP contribution is -2.45. The molecule has 1 aliphatic rings. The van der Waals surface area contributed by atoms with E-state index < -0.39 is 32.9 Å². The molecule has 1 aromatic heterocycles. The summed E-state index contributed by atoms with van der Waals surface area (Å²) in [7, 11) is -2.40. The van der Waals surface area contributed by atoms with E-state index in [0.29, 0.717) is 10.6 Å². The Balaban J connectivity index is 1.73. The minimum atomic E-state index is -3.74. The second-order valence-corrected chi connectivity index (χ2v) is 8.89. The van der Waals surface area contributed by atoms with Crippen LogP contribution in [0.4, 0.5) is 0 Å². The predicted molar refractivity (Wildman–Crippen MR) is 96.5 cm³/mol. The van der Waals surface area contributed by atoms with Crippen molar-refractivity contribution in [1.29, 1.82) is 0 Å². The number of benzene rings is 1. The van der Waals surface area contributed by atoms with Crippen LogP contribution in [0.1, 0.15) is 24.1 Å². The molecule has 0 aliphatic carbocycles. The highest BCUT2D eigenvalue weighted by molar-refractivity contribution is 7.88. The van der Waals surface area contributed by atoms with Crippen molar-refractivity contribution in [3.05, 3.63) is 51.0 Å². The number of halogens is 1. The molecule has 0 atom stereocenters. The fourth-order valence-corrected chi connectivity index (χ4v) is 4.74. The minimum absolute atomic E-state index is 0.0453. The molecule has 1 fully saturated rings. The number of imidazole rings is 1. The topological polar surface area (TPSA) is 116 Å². The summed E-state index contributed by atoms with van der Waals surface area (Å²) in [6, 6.07) is 6.84. The van der Waals surface area contributed by atoms with Crippen molar-refractivity contribution in [2.24, 2.45) is 7.05 Å². The van der Waals surface area contributed by atoms with Gasteiger partial charge in [0.15, 0.2) is 0 Å². The van der Waals surface area contributed by atoms with Crippen LogP contribution in [0.15, 0.2) is 29.1 Å². The van der Waals surface area contributed by atoms with Crippen molar-refractivity contribution in [1.82, 2.24) is 13.9 Å². The van der Waals surface area contributed by atoms with E-state index in [1.165, 1.54) is 11.4 Å². The average molecular weight is 402 g/mol. The fourth-order valence-electron chi connectivity index (χ4n) is 3.12. The molecule has 0 spiro atoms. The molecule has 2 aromatic rings. The van der Waals surface area contributed by atoms with Crippen molar-refractivity contribution < 1.29 is 18.6 Å². The smallest absolute Gasteiger partial charge is 0.328 e. The summed E-state index contributed by atoms with van der Waals surface area (Å²) >= 11 is 5.87. The van der Waals surface area contributed by atoms with Crippen molar-refractivity contribution in [3.63, 3.8) is 0 Å². The number of nitrogens with one attached hydrogen (secondary N) is 1. The van der Waals surface area contributed by atoms with Crippen molar-refractivity contribution in [2.75, 3.05) is 13.1 Å². The monoisotopic (exact) mass is 401 g/mol. The molecule has 0 amide bonds. The number of hydrogen-bond donors (Lipinski definition) is 3. The molecule has 1 saturated heterocycles. The number of piperidine rings is 1. The molecule has 0 saturated carbocycles. The Labute approximate surface area is 155 Å². The summed E-state index contributed by atoms with van der Waals surface area (Å²) in [4.78, 5) is 13.8. The van der Waals surface area contributed by atoms with Gasteiger partial charge in [0.2, 0.25) is 15.9 Å². The Morgan fingerprint density at radius 3 is 2.31 bits per heavy atom. The third-order valence-electron chi connectivity index (χ3n) is 4.80. The second kappa shape index (κ2) is 6.73. The first-order valence-electron chi connectivity index (χ1n) is 8.05. The first-order valence-corrected chi connectivity index (χ1v) is 10.0. The zero-order valence-electron chi connectivity index (χ0n) is 14.1. The molecule has 3 rings (SSSR count). The predicted octanol–water partition coefficient (Wildman–Crippen LogP) is 0.886. The number of H-pyrrole nitrogens is 1. The molecule has 0 unspecified atom stereocenters. The van der Waals surface area contributed by atoms with Gasteiger partial charge in [-0.15, -0.1) is 0 Å². The number of hydrogen-bond acceptors (Lipinski definition) is 5. The van der Waals surface area contributed by atoms with E-state index in [9.17, 15) is 23.4 Å². The van der Waals surface area contributed by atoms with Gasteiger partial charge >= 0.3 is 5.69 Å². The maximum atomic E-state index is 12.6. The normalized spacial score (nSPS) is 18.1. The number of aromatic amines is 1. The molecular formula is C16H20ClN3O5S. The van der Waals surface area contributed by atoms with Crippen LogP contribution in [0.3, 0.4) is 0 Å². The van der Waals surface area contributed by atoms with Crippen LogP contribution in [0.2, 0.25) is 5.02 Å². The zero-order chi connectivity index (χ0) is 19.1. The highest BCUT2D eigenvalue weighted by Gasteiger charge is 2.38. The summed E-state index contributed by atoms with van der Waals surface area (Å²) in [5, 5.41) is 21.2. The largest absolute Gasteiger partial charge is 0.493 e. The Hall–Kier alpha value is -1.81. The fraction of sp³-hybridized carbons (Fsp3) is 0.438. The zero-order valence-corrected chi connectivity index (χ0v) is 15.7. The third-order valence-corrected chi connectivity index (χ3v) is 6.86. The number of sulfonamides is 1. The van der Waals surface area contributed by atoms with E-state index in [2.05, 4.69) is 4.98 Å². The van der Waals surface area contributed by atoms with Gasteiger partial charge in [0.25, 0.3) is 0 Å². The Morgan fingerprint density at radius 1 is 1.23 bits per heavy atom. The Bertz CT molecular complexity index is 957. The van der Waals surface area contributed by atoms with Crippen molar-refractivity contribution >= 4 is 21.6 Å². The maximum Gasteiger partial charge on any atom is 0.328 e. The van der Waals surface area contributed by atoms with Crippen LogP contribution < -0.4 is 5.69 Å². The lowest BCUT2D eigenvalue weighted by Gasteiger charge is -2.37. The Morgan fingerprint density at radius 2 is 1.81 bits per heavy atom. The lowest BCUT2D eigenvalue weighted by atomic mass is 9.85. The van der Waals surface area contributed by atoms with Gasteiger partial charge < -0.3 is 15.2 Å². The molecule has 1 aromatic carbocycles. The quantitative estimate of drug-likeness (QED) is 0.703. The van der Waals surface area contributed by atoms with Crippen molar-refractivity contribution in [2.45, 2.75) is 24.2 Å². The first kappa shape index (κ1) is 19.0. The van der Waals surface area contributed by atoms with Crippen LogP contribution in [0.25, 0.3) is 0 Å². The van der Waals surface area contributed by atoms with Gasteiger partial charge in [0, 0.05) is 25.2 Å². The molecule has 2 heterocycles. The molecule has 3 N–H and O–H groups in total. The molecule has 0 bridgehead atoms. The number of aromatic hydroxyl groups is 1. The van der Waals surface area contributed by atoms with Crippen LogP contribution in [0, 0.1) is 0 Å². The standard InChI is InChI=1S/C16H20ClN3O5S/c1-19-14(21)13(18-15(19)22)10-26(24,25)20-8-6-16(23,7-9-20)11-2-4-12(17)5-3-11/h2-5,21,23H,6-10H2,1H3,(H,18,22). The van der Waals surface area contributed by atoms with Gasteiger partial charge in [-0.1, -0.05) is 23.7 Å². The van der Waals surface area contributed by atoms with E-state index in [4.69, 9.17) is 11.6 Å². The minimum Gasteiger partial charge on any atom is -0.493 e. The number of aliphatic hydroxyl groups is 1. The van der Waals surface area contributed by atoms with Crippen molar-refractivity contribution in [3.8, 4) is 5.88 Å². The third kappa shape index (κ3) is 3.52. The average Bonchev–Trinajstić information content (AvgIpc) is 2.82. The highest BCUT2D eigenvalue weighted by atomic mass is 35.5. The summed E-state index contributed by atoms with van der Waals surface area (Å²) in [6.45, 7) is 0.276.